The van der Waals surface area contributed by atoms with Gasteiger partial charge in [-0.2, -0.15) is 5.10 Å². The maximum atomic E-state index is 6.02. The van der Waals surface area contributed by atoms with Crippen LogP contribution in [0.4, 0.5) is 10.9 Å². The highest BCUT2D eigenvalue weighted by Crippen LogP contribution is 2.34. The van der Waals surface area contributed by atoms with Crippen molar-refractivity contribution in [1.29, 1.82) is 0 Å². The fourth-order valence-electron chi connectivity index (χ4n) is 2.29. The molecule has 6 nitrogen and oxygen atoms in total. The van der Waals surface area contributed by atoms with Gasteiger partial charge in [0.2, 0.25) is 5.13 Å². The zero-order chi connectivity index (χ0) is 19.1. The standard InChI is InChI=1S/C19H19IN4O2S/c1-2-25-16-9-14(10-22-24-19-23-17(21)12-27-19)8-15(20)18(16)26-11-13-6-4-3-5-7-13/h3-10,12H,2,11,21H2,1H3,(H,23,24). The molecular weight excluding hydrogens is 475 g/mol. The quantitative estimate of drug-likeness (QED) is 0.268. The number of ether oxygens (including phenoxy) is 2. The van der Waals surface area contributed by atoms with Crippen molar-refractivity contribution in [3.8, 4) is 11.5 Å². The second-order valence-corrected chi connectivity index (χ2v) is 7.51. The zero-order valence-corrected chi connectivity index (χ0v) is 17.7. The van der Waals surface area contributed by atoms with Crippen LogP contribution < -0.4 is 20.6 Å². The molecule has 0 fully saturated rings. The number of nitrogens with zero attached hydrogens (tertiary/aromatic N) is 2. The van der Waals surface area contributed by atoms with E-state index in [-0.39, 0.29) is 0 Å². The average Bonchev–Trinajstić information content (AvgIpc) is 3.07. The highest BCUT2D eigenvalue weighted by Gasteiger charge is 2.12. The molecule has 0 bridgehead atoms. The third-order valence-electron chi connectivity index (χ3n) is 3.45. The topological polar surface area (TPSA) is 81.8 Å². The number of benzene rings is 2. The van der Waals surface area contributed by atoms with E-state index in [2.05, 4.69) is 38.1 Å². The first-order valence-electron chi connectivity index (χ1n) is 8.29. The predicted molar refractivity (Wildman–Crippen MR) is 119 cm³/mol. The van der Waals surface area contributed by atoms with E-state index in [9.17, 15) is 0 Å². The number of hydrazone groups is 1. The second-order valence-electron chi connectivity index (χ2n) is 5.48. The molecule has 8 heteroatoms. The van der Waals surface area contributed by atoms with E-state index < -0.39 is 0 Å². The zero-order valence-electron chi connectivity index (χ0n) is 14.7. The van der Waals surface area contributed by atoms with Gasteiger partial charge in [0.25, 0.3) is 0 Å². The molecular formula is C19H19IN4O2S. The molecule has 0 aliphatic carbocycles. The molecule has 0 atom stereocenters. The van der Waals surface area contributed by atoms with Crippen LogP contribution in [0.3, 0.4) is 0 Å². The summed E-state index contributed by atoms with van der Waals surface area (Å²) in [7, 11) is 0. The number of rotatable bonds is 8. The Bertz CT molecular complexity index is 915. The Hall–Kier alpha value is -2.33. The first kappa shape index (κ1) is 19.4. The normalized spacial score (nSPS) is 10.9. The first-order chi connectivity index (χ1) is 13.2. The van der Waals surface area contributed by atoms with Crippen molar-refractivity contribution >= 4 is 51.1 Å². The highest BCUT2D eigenvalue weighted by atomic mass is 127. The predicted octanol–water partition coefficient (Wildman–Crippen LogP) is 4.75. The molecule has 0 spiro atoms. The molecule has 0 aliphatic heterocycles. The van der Waals surface area contributed by atoms with Crippen LogP contribution in [0.15, 0.2) is 52.9 Å². The molecule has 0 amide bonds. The highest BCUT2D eigenvalue weighted by molar-refractivity contribution is 14.1. The lowest BCUT2D eigenvalue weighted by atomic mass is 10.2. The van der Waals surface area contributed by atoms with Gasteiger partial charge in [-0.3, -0.25) is 5.43 Å². The van der Waals surface area contributed by atoms with Gasteiger partial charge >= 0.3 is 0 Å². The minimum Gasteiger partial charge on any atom is -0.490 e. The monoisotopic (exact) mass is 494 g/mol. The van der Waals surface area contributed by atoms with E-state index in [1.54, 1.807) is 11.6 Å². The van der Waals surface area contributed by atoms with E-state index >= 15 is 0 Å². The molecule has 1 aromatic heterocycles. The first-order valence-corrected chi connectivity index (χ1v) is 10.2. The number of nitrogens with two attached hydrogens (primary N) is 1. The SMILES string of the molecule is CCOc1cc(C=NNc2nc(N)cs2)cc(I)c1OCc1ccccc1. The number of anilines is 2. The number of nitrogens with one attached hydrogen (secondary N) is 1. The van der Waals surface area contributed by atoms with Gasteiger partial charge in [-0.15, -0.1) is 11.3 Å². The Labute approximate surface area is 175 Å². The van der Waals surface area contributed by atoms with E-state index in [0.29, 0.717) is 29.9 Å². The summed E-state index contributed by atoms with van der Waals surface area (Å²) in [6.07, 6.45) is 1.71. The van der Waals surface area contributed by atoms with Crippen LogP contribution in [-0.4, -0.2) is 17.8 Å². The van der Waals surface area contributed by atoms with Crippen LogP contribution >= 0.6 is 33.9 Å². The van der Waals surface area contributed by atoms with Crippen molar-refractivity contribution < 1.29 is 9.47 Å². The van der Waals surface area contributed by atoms with Crippen molar-refractivity contribution in [2.75, 3.05) is 17.8 Å². The molecule has 0 saturated heterocycles. The van der Waals surface area contributed by atoms with E-state index in [0.717, 1.165) is 20.4 Å². The summed E-state index contributed by atoms with van der Waals surface area (Å²) in [6.45, 7) is 2.98. The Balaban J connectivity index is 1.74. The smallest absolute Gasteiger partial charge is 0.205 e. The number of hydrogen-bond donors (Lipinski definition) is 2. The summed E-state index contributed by atoms with van der Waals surface area (Å²) >= 11 is 3.65. The summed E-state index contributed by atoms with van der Waals surface area (Å²) in [4.78, 5) is 4.10. The lowest BCUT2D eigenvalue weighted by Gasteiger charge is -2.14. The lowest BCUT2D eigenvalue weighted by Crippen LogP contribution is -2.02. The molecule has 2 aromatic carbocycles. The molecule has 3 aromatic rings. The molecule has 0 aliphatic rings. The van der Waals surface area contributed by atoms with Crippen molar-refractivity contribution in [1.82, 2.24) is 4.98 Å². The van der Waals surface area contributed by atoms with Gasteiger partial charge < -0.3 is 15.2 Å². The minimum atomic E-state index is 0.478. The van der Waals surface area contributed by atoms with Crippen LogP contribution in [0.2, 0.25) is 0 Å². The van der Waals surface area contributed by atoms with Gasteiger partial charge in [-0.1, -0.05) is 30.3 Å². The minimum absolute atomic E-state index is 0.478. The number of hydrogen-bond acceptors (Lipinski definition) is 7. The van der Waals surface area contributed by atoms with Gasteiger partial charge in [0, 0.05) is 5.38 Å². The Kier molecular flexibility index (Phi) is 6.88. The number of nitrogen functional groups attached to an aromatic ring is 1. The fraction of sp³-hybridized carbons (Fsp3) is 0.158. The van der Waals surface area contributed by atoms with Crippen molar-refractivity contribution in [2.24, 2.45) is 5.10 Å². The van der Waals surface area contributed by atoms with Crippen molar-refractivity contribution in [3.63, 3.8) is 0 Å². The summed E-state index contributed by atoms with van der Waals surface area (Å²) in [5.41, 5.74) is 10.5. The Morgan fingerprint density at radius 1 is 1.26 bits per heavy atom. The lowest BCUT2D eigenvalue weighted by molar-refractivity contribution is 0.267. The second kappa shape index (κ2) is 9.56. The van der Waals surface area contributed by atoms with E-state index in [1.165, 1.54) is 11.3 Å². The Morgan fingerprint density at radius 2 is 2.07 bits per heavy atom. The van der Waals surface area contributed by atoms with Crippen LogP contribution in [0.5, 0.6) is 11.5 Å². The Morgan fingerprint density at radius 3 is 2.78 bits per heavy atom. The third kappa shape index (κ3) is 5.57. The van der Waals surface area contributed by atoms with Crippen LogP contribution in [0.25, 0.3) is 0 Å². The number of halogens is 1. The average molecular weight is 494 g/mol. The molecule has 1 heterocycles. The van der Waals surface area contributed by atoms with Crippen LogP contribution in [0, 0.1) is 3.57 Å². The van der Waals surface area contributed by atoms with Crippen molar-refractivity contribution in [2.45, 2.75) is 13.5 Å². The molecule has 0 saturated carbocycles. The van der Waals surface area contributed by atoms with Gasteiger partial charge in [0.05, 0.1) is 16.4 Å². The summed E-state index contributed by atoms with van der Waals surface area (Å²) in [5, 5.41) is 6.61. The van der Waals surface area contributed by atoms with Gasteiger partial charge in [0.1, 0.15) is 12.4 Å². The number of thiazole rings is 1. The third-order valence-corrected chi connectivity index (χ3v) is 5.02. The molecule has 3 rings (SSSR count). The van der Waals surface area contributed by atoms with Gasteiger partial charge in [0.15, 0.2) is 11.5 Å². The van der Waals surface area contributed by atoms with Crippen molar-refractivity contribution in [3.05, 3.63) is 62.5 Å². The molecule has 27 heavy (non-hydrogen) atoms. The molecule has 0 unspecified atom stereocenters. The molecule has 3 N–H and O–H groups in total. The maximum absolute atomic E-state index is 6.02. The number of aromatic nitrogens is 1. The largest absolute Gasteiger partial charge is 0.490 e. The molecule has 0 radical (unpaired) electrons. The summed E-state index contributed by atoms with van der Waals surface area (Å²) in [6, 6.07) is 13.9. The summed E-state index contributed by atoms with van der Waals surface area (Å²) in [5.74, 6) is 1.91. The fourth-order valence-corrected chi connectivity index (χ4v) is 3.62. The van der Waals surface area contributed by atoms with Gasteiger partial charge in [-0.05, 0) is 52.8 Å². The van der Waals surface area contributed by atoms with Crippen LogP contribution in [0.1, 0.15) is 18.1 Å². The van der Waals surface area contributed by atoms with Gasteiger partial charge in [-0.25, -0.2) is 4.98 Å². The van der Waals surface area contributed by atoms with Crippen LogP contribution in [-0.2, 0) is 6.61 Å². The summed E-state index contributed by atoms with van der Waals surface area (Å²) < 4.78 is 12.8. The maximum Gasteiger partial charge on any atom is 0.205 e. The molecule has 140 valence electrons. The van der Waals surface area contributed by atoms with E-state index in [1.807, 2.05) is 49.4 Å². The van der Waals surface area contributed by atoms with E-state index in [4.69, 9.17) is 15.2 Å².